The number of anilines is 2. The van der Waals surface area contributed by atoms with Gasteiger partial charge in [-0.2, -0.15) is 0 Å². The maximum Gasteiger partial charge on any atom is 0.214 e. The van der Waals surface area contributed by atoms with Gasteiger partial charge >= 0.3 is 0 Å². The van der Waals surface area contributed by atoms with Gasteiger partial charge in [0, 0.05) is 10.8 Å². The van der Waals surface area contributed by atoms with E-state index in [4.69, 9.17) is 10.3 Å². The first-order valence-electron chi connectivity index (χ1n) is 10.2. The highest BCUT2D eigenvalue weighted by atomic mass is 32.1. The molecule has 2 atom stereocenters. The molecule has 0 saturated heterocycles. The zero-order chi connectivity index (χ0) is 21.8. The number of rotatable bonds is 8. The van der Waals surface area contributed by atoms with Crippen LogP contribution in [0.25, 0.3) is 10.2 Å². The quantitative estimate of drug-likeness (QED) is 0.214. The van der Waals surface area contributed by atoms with Crippen molar-refractivity contribution in [3.8, 4) is 5.75 Å². The lowest BCUT2D eigenvalue weighted by Crippen LogP contribution is -2.37. The molecule has 10 heteroatoms. The average molecular weight is 441 g/mol. The van der Waals surface area contributed by atoms with Crippen molar-refractivity contribution in [1.29, 1.82) is 5.53 Å². The fraction of sp³-hybridized carbons (Fsp3) is 0.429. The molecule has 1 aliphatic carbocycles. The molecule has 1 aliphatic rings. The molecule has 3 aromatic rings. The highest BCUT2D eigenvalue weighted by Gasteiger charge is 2.30. The molecule has 0 bridgehead atoms. The van der Waals surface area contributed by atoms with Gasteiger partial charge in [0.1, 0.15) is 46.2 Å². The lowest BCUT2D eigenvalue weighted by Gasteiger charge is -2.30. The highest BCUT2D eigenvalue weighted by molar-refractivity contribution is 7.19. The molecule has 0 radical (unpaired) electrons. The van der Waals surface area contributed by atoms with Gasteiger partial charge in [-0.05, 0) is 51.1 Å². The summed E-state index contributed by atoms with van der Waals surface area (Å²) >= 11 is 1.69. The van der Waals surface area contributed by atoms with Crippen molar-refractivity contribution < 1.29 is 9.84 Å². The van der Waals surface area contributed by atoms with Crippen molar-refractivity contribution >= 4 is 33.1 Å². The van der Waals surface area contributed by atoms with Gasteiger partial charge in [-0.15, -0.1) is 11.3 Å². The van der Waals surface area contributed by atoms with Gasteiger partial charge in [-0.1, -0.05) is 12.1 Å². The predicted molar refractivity (Wildman–Crippen MR) is 120 cm³/mol. The molecule has 9 nitrogen and oxygen atoms in total. The van der Waals surface area contributed by atoms with Crippen molar-refractivity contribution in [3.05, 3.63) is 41.0 Å². The Labute approximate surface area is 184 Å². The molecule has 4 rings (SSSR count). The van der Waals surface area contributed by atoms with Crippen molar-refractivity contribution in [2.24, 2.45) is 11.0 Å². The molecule has 3 N–H and O–H groups in total. The van der Waals surface area contributed by atoms with E-state index in [1.807, 2.05) is 43.3 Å². The van der Waals surface area contributed by atoms with Crippen LogP contribution >= 0.6 is 11.3 Å². The first kappa shape index (κ1) is 21.3. The molecular weight excluding hydrogens is 414 g/mol. The first-order chi connectivity index (χ1) is 15.1. The van der Waals surface area contributed by atoms with Gasteiger partial charge in [0.2, 0.25) is 4.91 Å². The first-order valence-corrected chi connectivity index (χ1v) is 11.0. The third-order valence-corrected chi connectivity index (χ3v) is 6.66. The Bertz CT molecular complexity index is 1110. The number of thiophene rings is 1. The second-order valence-electron chi connectivity index (χ2n) is 7.72. The minimum Gasteiger partial charge on any atom is -0.489 e. The number of ether oxygens (including phenoxy) is 1. The molecule has 2 unspecified atom stereocenters. The minimum absolute atomic E-state index is 0.218. The molecule has 0 fully saturated rings. The lowest BCUT2D eigenvalue weighted by atomic mass is 9.86. The highest BCUT2D eigenvalue weighted by Crippen LogP contribution is 2.41. The van der Waals surface area contributed by atoms with Crippen LogP contribution in [0.3, 0.4) is 0 Å². The summed E-state index contributed by atoms with van der Waals surface area (Å²) in [5, 5.41) is 18.6. The molecule has 0 saturated carbocycles. The fourth-order valence-electron chi connectivity index (χ4n) is 3.98. The molecule has 31 heavy (non-hydrogen) atoms. The van der Waals surface area contributed by atoms with Crippen molar-refractivity contribution in [2.45, 2.75) is 25.5 Å². The monoisotopic (exact) mass is 440 g/mol. The van der Waals surface area contributed by atoms with E-state index in [1.54, 1.807) is 17.7 Å². The van der Waals surface area contributed by atoms with E-state index >= 15 is 0 Å². The number of aryl methyl sites for hydroxylation is 1. The van der Waals surface area contributed by atoms with Crippen LogP contribution < -0.4 is 15.0 Å². The standard InChI is InChI=1S/C21H26N7O2S/c1-28(2)21(29)13-7-8-14-17(11-13)31-20-18(14)19(23-12-24-20)26-15-5-3-4-6-16(15)30-10-9-25-27-22/h3-6,12-13,21-22,29H,7-11H2,1-2H3,(H,23,24,26)/q+1. The normalized spacial score (nSPS) is 16.6. The van der Waals surface area contributed by atoms with Crippen LogP contribution in [0.1, 0.15) is 16.9 Å². The van der Waals surface area contributed by atoms with Crippen molar-refractivity contribution in [1.82, 2.24) is 19.8 Å². The van der Waals surface area contributed by atoms with Crippen LogP contribution in [0.4, 0.5) is 11.5 Å². The Hall–Kier alpha value is -2.91. The zero-order valence-corrected chi connectivity index (χ0v) is 18.4. The largest absolute Gasteiger partial charge is 0.489 e. The van der Waals surface area contributed by atoms with Crippen LogP contribution in [0.15, 0.2) is 35.7 Å². The van der Waals surface area contributed by atoms with E-state index in [-0.39, 0.29) is 5.92 Å². The average Bonchev–Trinajstić information content (AvgIpc) is 3.16. The number of aliphatic hydroxyl groups excluding tert-OH is 1. The SMILES string of the molecule is CN(C)C(O)C1CCc2c(sc3ncnc(Nc4ccccc4OCCN=[N+]=N)c23)C1. The van der Waals surface area contributed by atoms with Crippen LogP contribution in [0.2, 0.25) is 0 Å². The van der Waals surface area contributed by atoms with Crippen LogP contribution in [-0.2, 0) is 12.8 Å². The number of nitrogens with one attached hydrogen (secondary N) is 2. The molecule has 2 aromatic heterocycles. The van der Waals surface area contributed by atoms with Crippen LogP contribution in [0.5, 0.6) is 5.75 Å². The molecule has 0 aliphatic heterocycles. The number of hydrogen-bond donors (Lipinski definition) is 3. The summed E-state index contributed by atoms with van der Waals surface area (Å²) in [4.78, 5) is 16.1. The van der Waals surface area contributed by atoms with Gasteiger partial charge < -0.3 is 15.2 Å². The van der Waals surface area contributed by atoms with Gasteiger partial charge in [-0.3, -0.25) is 4.90 Å². The number of nitrogens with zero attached hydrogens (tertiary/aromatic N) is 5. The second kappa shape index (κ2) is 9.49. The molecule has 0 amide bonds. The Morgan fingerprint density at radius 2 is 2.23 bits per heavy atom. The Kier molecular flexibility index (Phi) is 6.53. The summed E-state index contributed by atoms with van der Waals surface area (Å²) in [5.74, 6) is 1.67. The summed E-state index contributed by atoms with van der Waals surface area (Å²) in [6.45, 7) is 0.664. The molecule has 1 aromatic carbocycles. The maximum absolute atomic E-state index is 10.5. The molecule has 0 spiro atoms. The van der Waals surface area contributed by atoms with E-state index in [0.29, 0.717) is 18.9 Å². The van der Waals surface area contributed by atoms with E-state index in [0.717, 1.165) is 41.0 Å². The van der Waals surface area contributed by atoms with E-state index < -0.39 is 6.23 Å². The molecular formula is C21H26N7O2S+. The Morgan fingerprint density at radius 1 is 1.39 bits per heavy atom. The summed E-state index contributed by atoms with van der Waals surface area (Å²) in [6.07, 6.45) is 3.80. The zero-order valence-electron chi connectivity index (χ0n) is 17.6. The van der Waals surface area contributed by atoms with Gasteiger partial charge in [0.15, 0.2) is 6.54 Å². The summed E-state index contributed by atoms with van der Waals surface area (Å²) in [5.41, 5.74) is 8.82. The predicted octanol–water partition coefficient (Wildman–Crippen LogP) is 3.35. The van der Waals surface area contributed by atoms with Gasteiger partial charge in [0.25, 0.3) is 0 Å². The Balaban J connectivity index is 1.62. The summed E-state index contributed by atoms with van der Waals surface area (Å²) in [7, 11) is 3.82. The van der Waals surface area contributed by atoms with Crippen molar-refractivity contribution in [2.75, 3.05) is 32.6 Å². The second-order valence-corrected chi connectivity index (χ2v) is 8.80. The fourth-order valence-corrected chi connectivity index (χ4v) is 5.26. The molecule has 162 valence electrons. The number of hydrogen-bond acceptors (Lipinski definition) is 9. The van der Waals surface area contributed by atoms with E-state index in [9.17, 15) is 5.11 Å². The third-order valence-electron chi connectivity index (χ3n) is 5.49. The number of aliphatic hydroxyl groups is 1. The number of aromatic nitrogens is 2. The summed E-state index contributed by atoms with van der Waals surface area (Å²) < 4.78 is 5.81. The Morgan fingerprint density at radius 3 is 3.03 bits per heavy atom. The van der Waals surface area contributed by atoms with E-state index in [1.165, 1.54) is 10.4 Å². The van der Waals surface area contributed by atoms with Crippen LogP contribution in [-0.4, -0.2) is 53.4 Å². The number of para-hydroxylation sites is 2. The maximum atomic E-state index is 10.5. The van der Waals surface area contributed by atoms with Crippen molar-refractivity contribution in [3.63, 3.8) is 0 Å². The van der Waals surface area contributed by atoms with Crippen LogP contribution in [0, 0.1) is 11.4 Å². The lowest BCUT2D eigenvalue weighted by molar-refractivity contribution is -0.0142. The van der Waals surface area contributed by atoms with E-state index in [2.05, 4.69) is 25.3 Å². The topological polar surface area (TPSA) is 121 Å². The number of benzene rings is 1. The van der Waals surface area contributed by atoms with Gasteiger partial charge in [-0.25, -0.2) is 9.97 Å². The molecule has 2 heterocycles. The number of fused-ring (bicyclic) bond motifs is 3. The van der Waals surface area contributed by atoms with Gasteiger partial charge in [0.05, 0.1) is 11.1 Å². The third kappa shape index (κ3) is 4.57. The smallest absolute Gasteiger partial charge is 0.214 e. The summed E-state index contributed by atoms with van der Waals surface area (Å²) in [6, 6.07) is 7.67. The minimum atomic E-state index is -0.444.